The molecule has 0 amide bonds. The van der Waals surface area contributed by atoms with E-state index < -0.39 is 6.16 Å². The number of carbonyl (C=O) groups is 1. The Morgan fingerprint density at radius 1 is 1.14 bits per heavy atom. The molecule has 5 nitrogen and oxygen atoms in total. The second-order valence-corrected chi connectivity index (χ2v) is 0.283. The van der Waals surface area contributed by atoms with E-state index in [1.807, 2.05) is 0 Å². The molecule has 0 unspecified atom stereocenters. The largest absolute Gasteiger partial charge is 0.503 e. The normalized spacial score (nSPS) is 4.29. The molecule has 0 rings (SSSR count). The van der Waals surface area contributed by atoms with E-state index >= 15 is 0 Å². The zero-order valence-corrected chi connectivity index (χ0v) is 4.84. The minimum atomic E-state index is -1.83. The molecule has 6 heteroatoms. The van der Waals surface area contributed by atoms with Crippen LogP contribution in [-0.2, 0) is 0 Å². The molecule has 0 atom stereocenters. The fraction of sp³-hybridized carbons (Fsp3) is 0. The van der Waals surface area contributed by atoms with Crippen molar-refractivity contribution >= 4 is 6.16 Å². The molecule has 0 aliphatic rings. The Morgan fingerprint density at radius 3 is 1.14 bits per heavy atom. The number of carboxylic acid groups (broad SMARTS) is 2. The topological polar surface area (TPSA) is 98.0 Å². The molecule has 0 aromatic heterocycles. The first-order valence-electron chi connectivity index (χ1n) is 0.851. The quantitative estimate of drug-likeness (QED) is 0.371. The summed E-state index contributed by atoms with van der Waals surface area (Å²) in [6.07, 6.45) is -1.83. The van der Waals surface area contributed by atoms with Crippen LogP contribution in [0.1, 0.15) is 0 Å². The molecule has 0 aromatic rings. The first kappa shape index (κ1) is 15.7. The Labute approximate surface area is 68.7 Å². The fourth-order valence-electron chi connectivity index (χ4n) is 0. The van der Waals surface area contributed by atoms with Gasteiger partial charge < -0.3 is 10.2 Å². The maximum atomic E-state index is 8.56. The van der Waals surface area contributed by atoms with Crippen LogP contribution in [0.15, 0.2) is 0 Å². The molecule has 4 N–H and O–H groups in total. The summed E-state index contributed by atoms with van der Waals surface area (Å²) in [4.78, 5) is 8.56. The van der Waals surface area contributed by atoms with E-state index in [-0.39, 0.29) is 37.3 Å². The van der Waals surface area contributed by atoms with E-state index in [1.165, 1.54) is 0 Å². The van der Waals surface area contributed by atoms with Gasteiger partial charge in [0.05, 0.1) is 0 Å². The van der Waals surface area contributed by atoms with Crippen LogP contribution in [0, 0.1) is 37.3 Å². The molecule has 0 radical (unpaired) electrons. The van der Waals surface area contributed by atoms with Gasteiger partial charge in [0.1, 0.15) is 0 Å². The van der Waals surface area contributed by atoms with E-state index in [0.717, 1.165) is 0 Å². The molecule has 0 saturated heterocycles. The van der Waals surface area contributed by atoms with Crippen LogP contribution < -0.4 is 0 Å². The van der Waals surface area contributed by atoms with E-state index in [2.05, 4.69) is 0 Å². The first-order valence-corrected chi connectivity index (χ1v) is 0.851. The Bertz CT molecular complexity index is 31.1. The van der Waals surface area contributed by atoms with Gasteiger partial charge >= 0.3 is 6.16 Å². The van der Waals surface area contributed by atoms with Crippen molar-refractivity contribution in [2.45, 2.75) is 0 Å². The molecule has 0 spiro atoms. The zero-order chi connectivity index (χ0) is 5.58. The van der Waals surface area contributed by atoms with E-state index in [4.69, 9.17) is 25.5 Å². The van der Waals surface area contributed by atoms with Gasteiger partial charge in [-0.2, -0.15) is 0 Å². The van der Waals surface area contributed by atoms with Gasteiger partial charge in [-0.05, 0) is 0 Å². The van der Waals surface area contributed by atoms with Crippen molar-refractivity contribution in [3.63, 3.8) is 0 Å². The van der Waals surface area contributed by atoms with Gasteiger partial charge in [-0.25, -0.2) is 4.79 Å². The van der Waals surface area contributed by atoms with Crippen LogP contribution in [0.25, 0.3) is 0 Å². The molecule has 0 aromatic carbocycles. The number of hydrogen-bond acceptors (Lipinski definition) is 3. The van der Waals surface area contributed by atoms with E-state index in [1.54, 1.807) is 0 Å². The van der Waals surface area contributed by atoms with Gasteiger partial charge in [0.25, 0.3) is 0 Å². The SMILES string of the molecule is O=C(O)O.OO.[Er]. The predicted octanol–water partition coefficient (Wildman–Crippen LogP) is 0.240. The van der Waals surface area contributed by atoms with Crippen molar-refractivity contribution < 1.29 is 62.8 Å². The minimum absolute atomic E-state index is 0. The second-order valence-electron chi connectivity index (χ2n) is 0.283. The third-order valence-electron chi connectivity index (χ3n) is 0. The zero-order valence-electron chi connectivity index (χ0n) is 2.99. The third-order valence-corrected chi connectivity index (χ3v) is 0. The maximum absolute atomic E-state index is 8.56. The van der Waals surface area contributed by atoms with Crippen LogP contribution in [0.4, 0.5) is 4.79 Å². The van der Waals surface area contributed by atoms with Crippen molar-refractivity contribution in [3.8, 4) is 0 Å². The summed E-state index contributed by atoms with van der Waals surface area (Å²) in [5.41, 5.74) is 0. The summed E-state index contributed by atoms with van der Waals surface area (Å²) in [5.74, 6) is 0. The summed E-state index contributed by atoms with van der Waals surface area (Å²) >= 11 is 0. The molecule has 0 aliphatic heterocycles. The molecule has 0 bridgehead atoms. The van der Waals surface area contributed by atoms with Crippen molar-refractivity contribution in [1.29, 1.82) is 0 Å². The van der Waals surface area contributed by atoms with Crippen LogP contribution in [-0.4, -0.2) is 26.9 Å². The molecular weight excluding hydrogens is 259 g/mol. The number of rotatable bonds is 0. The van der Waals surface area contributed by atoms with Gasteiger partial charge in [0.15, 0.2) is 0 Å². The molecule has 0 heterocycles. The second kappa shape index (κ2) is 16.1. The van der Waals surface area contributed by atoms with Gasteiger partial charge in [-0.1, -0.05) is 0 Å². The van der Waals surface area contributed by atoms with Crippen molar-refractivity contribution in [2.75, 3.05) is 0 Å². The Morgan fingerprint density at radius 2 is 1.14 bits per heavy atom. The summed E-state index contributed by atoms with van der Waals surface area (Å²) in [7, 11) is 0. The smallest absolute Gasteiger partial charge is 0.450 e. The third kappa shape index (κ3) is 664. The summed E-state index contributed by atoms with van der Waals surface area (Å²) in [6.45, 7) is 0. The number of hydrogen-bond donors (Lipinski definition) is 4. The average Bonchev–Trinajstić information content (AvgIpc) is 1.41. The van der Waals surface area contributed by atoms with E-state index in [9.17, 15) is 0 Å². The summed E-state index contributed by atoms with van der Waals surface area (Å²) < 4.78 is 0. The summed E-state index contributed by atoms with van der Waals surface area (Å²) in [6, 6.07) is 0. The van der Waals surface area contributed by atoms with Crippen LogP contribution in [0.2, 0.25) is 0 Å². The predicted molar refractivity (Wildman–Crippen MR) is 15.9 cm³/mol. The van der Waals surface area contributed by atoms with Crippen molar-refractivity contribution in [1.82, 2.24) is 0 Å². The monoisotopic (exact) mass is 262 g/mol. The molecule has 50 valence electrons. The standard InChI is InChI=1S/CH2O3.Er.H2O2/c2-1(3)4;;1-2/h(H2,2,3,4);;1-2H. The average molecular weight is 263 g/mol. The van der Waals surface area contributed by atoms with Crippen LogP contribution in [0.5, 0.6) is 0 Å². The minimum Gasteiger partial charge on any atom is -0.450 e. The first-order chi connectivity index (χ1) is 2.73. The Hall–Kier alpha value is 0.437. The van der Waals surface area contributed by atoms with Gasteiger partial charge in [-0.15, -0.1) is 0 Å². The van der Waals surface area contributed by atoms with Crippen LogP contribution >= 0.6 is 0 Å². The van der Waals surface area contributed by atoms with Crippen LogP contribution in [0.3, 0.4) is 0 Å². The molecule has 0 saturated carbocycles. The fourth-order valence-corrected chi connectivity index (χ4v) is 0. The Balaban J connectivity index is -0.0000000480. The van der Waals surface area contributed by atoms with E-state index in [0.29, 0.717) is 0 Å². The molecule has 0 fully saturated rings. The summed E-state index contributed by atoms with van der Waals surface area (Å²) in [5, 5.41) is 25.9. The Kier molecular flexibility index (Phi) is 36.0. The van der Waals surface area contributed by atoms with Crippen molar-refractivity contribution in [3.05, 3.63) is 0 Å². The molecule has 7 heavy (non-hydrogen) atoms. The van der Waals surface area contributed by atoms with Gasteiger partial charge in [-0.3, -0.25) is 10.5 Å². The van der Waals surface area contributed by atoms with Crippen molar-refractivity contribution in [2.24, 2.45) is 0 Å². The maximum Gasteiger partial charge on any atom is 0.503 e. The molecular formula is CH4ErO5. The van der Waals surface area contributed by atoms with Gasteiger partial charge in [0.2, 0.25) is 0 Å². The molecule has 0 aliphatic carbocycles. The van der Waals surface area contributed by atoms with Gasteiger partial charge in [0, 0.05) is 37.3 Å².